The van der Waals surface area contributed by atoms with E-state index in [0.717, 1.165) is 18.3 Å². The van der Waals surface area contributed by atoms with Crippen LogP contribution in [0.15, 0.2) is 42.5 Å². The van der Waals surface area contributed by atoms with Crippen molar-refractivity contribution in [2.75, 3.05) is 24.5 Å². The van der Waals surface area contributed by atoms with Crippen LogP contribution in [-0.4, -0.2) is 41.6 Å². The number of fused-ring (bicyclic) bond motifs is 2. The largest absolute Gasteiger partial charge is 0.351 e. The zero-order valence-corrected chi connectivity index (χ0v) is 15.2. The quantitative estimate of drug-likeness (QED) is 0.838. The molecule has 0 saturated carbocycles. The van der Waals surface area contributed by atoms with E-state index in [1.807, 2.05) is 6.07 Å². The van der Waals surface area contributed by atoms with Crippen molar-refractivity contribution in [1.29, 1.82) is 5.26 Å². The van der Waals surface area contributed by atoms with Crippen LogP contribution in [0.2, 0.25) is 0 Å². The lowest BCUT2D eigenvalue weighted by Gasteiger charge is -2.51. The molecule has 4 nitrogen and oxygen atoms in total. The molecule has 0 N–H and O–H groups in total. The molecule has 26 heavy (non-hydrogen) atoms. The monoisotopic (exact) mass is 344 g/mol. The minimum Gasteiger partial charge on any atom is -0.351 e. The van der Waals surface area contributed by atoms with Crippen molar-refractivity contribution in [2.24, 2.45) is 5.92 Å². The van der Waals surface area contributed by atoms with E-state index in [0.29, 0.717) is 23.7 Å². The maximum absolute atomic E-state index is 9.26. The Morgan fingerprint density at radius 1 is 1.04 bits per heavy atom. The van der Waals surface area contributed by atoms with E-state index in [9.17, 15) is 5.26 Å². The van der Waals surface area contributed by atoms with E-state index in [2.05, 4.69) is 58.1 Å². The van der Waals surface area contributed by atoms with Crippen molar-refractivity contribution in [3.8, 4) is 6.07 Å². The van der Waals surface area contributed by atoms with Gasteiger partial charge in [-0.05, 0) is 56.5 Å². The maximum Gasteiger partial charge on any atom is 0.142 e. The topological polar surface area (TPSA) is 43.2 Å². The zero-order chi connectivity index (χ0) is 17.7. The second kappa shape index (κ2) is 6.10. The minimum absolute atomic E-state index is 0.510. The van der Waals surface area contributed by atoms with Crippen LogP contribution in [0, 0.1) is 24.2 Å². The molecule has 0 amide bonds. The molecule has 1 aromatic heterocycles. The summed E-state index contributed by atoms with van der Waals surface area (Å²) in [5, 5.41) is 9.26. The van der Waals surface area contributed by atoms with E-state index in [1.165, 1.54) is 37.1 Å². The molecule has 0 aliphatic carbocycles. The highest BCUT2D eigenvalue weighted by molar-refractivity contribution is 5.48. The fourth-order valence-corrected chi connectivity index (χ4v) is 5.43. The molecule has 4 heteroatoms. The van der Waals surface area contributed by atoms with Crippen molar-refractivity contribution in [2.45, 2.75) is 37.8 Å². The van der Waals surface area contributed by atoms with Gasteiger partial charge in [0.15, 0.2) is 0 Å². The smallest absolute Gasteiger partial charge is 0.142 e. The second-order valence-electron chi connectivity index (χ2n) is 8.02. The molecule has 0 spiro atoms. The number of hydrogen-bond donors (Lipinski definition) is 0. The molecule has 6 rings (SSSR count). The first-order chi connectivity index (χ1) is 12.7. The summed E-state index contributed by atoms with van der Waals surface area (Å²) in [7, 11) is 0. The number of nitrogens with zero attached hydrogens (tertiary/aromatic N) is 4. The van der Waals surface area contributed by atoms with Gasteiger partial charge in [0.05, 0.1) is 0 Å². The molecule has 132 valence electrons. The van der Waals surface area contributed by atoms with Gasteiger partial charge in [-0.3, -0.25) is 4.90 Å². The lowest BCUT2D eigenvalue weighted by atomic mass is 9.75. The Bertz CT molecular complexity index is 845. The highest BCUT2D eigenvalue weighted by Gasteiger charge is 2.53. The van der Waals surface area contributed by atoms with Crippen LogP contribution >= 0.6 is 0 Å². The zero-order valence-electron chi connectivity index (χ0n) is 15.2. The first kappa shape index (κ1) is 15.8. The lowest BCUT2D eigenvalue weighted by molar-refractivity contribution is 0.0354. The first-order valence-electron chi connectivity index (χ1n) is 9.69. The van der Waals surface area contributed by atoms with Crippen molar-refractivity contribution in [3.63, 3.8) is 0 Å². The fraction of sp³-hybridized carbons (Fsp3) is 0.455. The van der Waals surface area contributed by atoms with Gasteiger partial charge < -0.3 is 4.90 Å². The highest BCUT2D eigenvalue weighted by Crippen LogP contribution is 2.47. The summed E-state index contributed by atoms with van der Waals surface area (Å²) < 4.78 is 0. The number of nitriles is 1. The highest BCUT2D eigenvalue weighted by atomic mass is 15.3. The van der Waals surface area contributed by atoms with Gasteiger partial charge in [-0.2, -0.15) is 5.26 Å². The second-order valence-corrected chi connectivity index (χ2v) is 8.02. The SMILES string of the molecule is Cc1ccc([C@H]2CN(c3cccc(C#N)n3)[C@@H]3C4CCN(CC4)[C@H]23)cc1. The van der Waals surface area contributed by atoms with E-state index in [4.69, 9.17) is 0 Å². The molecule has 4 saturated heterocycles. The molecule has 5 heterocycles. The van der Waals surface area contributed by atoms with Crippen molar-refractivity contribution in [1.82, 2.24) is 9.88 Å². The van der Waals surface area contributed by atoms with E-state index in [-0.39, 0.29) is 0 Å². The molecule has 0 radical (unpaired) electrons. The van der Waals surface area contributed by atoms with Crippen LogP contribution in [0.1, 0.15) is 35.6 Å². The summed E-state index contributed by atoms with van der Waals surface area (Å²) in [6, 6.07) is 18.2. The number of aryl methyl sites for hydroxylation is 1. The third-order valence-corrected chi connectivity index (χ3v) is 6.64. The average molecular weight is 344 g/mol. The third-order valence-electron chi connectivity index (χ3n) is 6.64. The van der Waals surface area contributed by atoms with Gasteiger partial charge in [-0.25, -0.2) is 4.98 Å². The number of hydrogen-bond acceptors (Lipinski definition) is 4. The van der Waals surface area contributed by atoms with Crippen molar-refractivity contribution < 1.29 is 0 Å². The fourth-order valence-electron chi connectivity index (χ4n) is 5.43. The molecule has 1 aromatic carbocycles. The average Bonchev–Trinajstić information content (AvgIpc) is 3.12. The molecular weight excluding hydrogens is 320 g/mol. The summed E-state index contributed by atoms with van der Waals surface area (Å²) in [6.45, 7) is 5.60. The molecule has 4 aliphatic rings. The van der Waals surface area contributed by atoms with Gasteiger partial charge >= 0.3 is 0 Å². The van der Waals surface area contributed by atoms with E-state index >= 15 is 0 Å². The number of rotatable bonds is 2. The van der Waals surface area contributed by atoms with Gasteiger partial charge in [0.1, 0.15) is 17.6 Å². The molecule has 2 bridgehead atoms. The molecule has 2 aromatic rings. The predicted molar refractivity (Wildman–Crippen MR) is 102 cm³/mol. The number of aromatic nitrogens is 1. The van der Waals surface area contributed by atoms with Gasteiger partial charge in [0.2, 0.25) is 0 Å². The van der Waals surface area contributed by atoms with Crippen LogP contribution < -0.4 is 4.90 Å². The van der Waals surface area contributed by atoms with Gasteiger partial charge in [-0.15, -0.1) is 0 Å². The van der Waals surface area contributed by atoms with E-state index < -0.39 is 0 Å². The van der Waals surface area contributed by atoms with Crippen molar-refractivity contribution >= 4 is 5.82 Å². The first-order valence-corrected chi connectivity index (χ1v) is 9.69. The van der Waals surface area contributed by atoms with Crippen LogP contribution in [0.5, 0.6) is 0 Å². The summed E-state index contributed by atoms with van der Waals surface area (Å²) in [5.74, 6) is 2.23. The van der Waals surface area contributed by atoms with Crippen LogP contribution in [0.25, 0.3) is 0 Å². The Hall–Kier alpha value is -2.38. The summed E-state index contributed by atoms with van der Waals surface area (Å²) in [5.41, 5.74) is 3.27. The molecule has 0 unspecified atom stereocenters. The normalized spacial score (nSPS) is 32.3. The van der Waals surface area contributed by atoms with Gasteiger partial charge in [0.25, 0.3) is 0 Å². The van der Waals surface area contributed by atoms with Crippen LogP contribution in [0.4, 0.5) is 5.82 Å². The number of anilines is 1. The molecular formula is C22H24N4. The standard InChI is InChI=1S/C22H24N4/c1-15-5-7-16(8-6-15)19-14-26(20-4-2-3-18(13-23)24-20)21-17-9-11-25(12-10-17)22(19)21/h2-8,17,19,21-22H,9-12,14H2,1H3/t19-,21-,22-/m1/s1. The number of benzene rings is 1. The Kier molecular flexibility index (Phi) is 3.72. The summed E-state index contributed by atoms with van der Waals surface area (Å²) in [4.78, 5) is 9.85. The third kappa shape index (κ3) is 2.42. The van der Waals surface area contributed by atoms with Crippen molar-refractivity contribution in [3.05, 3.63) is 59.3 Å². The van der Waals surface area contributed by atoms with Gasteiger partial charge in [-0.1, -0.05) is 35.9 Å². The van der Waals surface area contributed by atoms with Crippen LogP contribution in [0.3, 0.4) is 0 Å². The Labute approximate surface area is 155 Å². The predicted octanol–water partition coefficient (Wildman–Crippen LogP) is 3.33. The Balaban J connectivity index is 1.56. The Morgan fingerprint density at radius 2 is 1.81 bits per heavy atom. The summed E-state index contributed by atoms with van der Waals surface area (Å²) >= 11 is 0. The maximum atomic E-state index is 9.26. The van der Waals surface area contributed by atoms with E-state index in [1.54, 1.807) is 6.07 Å². The Morgan fingerprint density at radius 3 is 2.54 bits per heavy atom. The molecule has 4 aliphatic heterocycles. The minimum atomic E-state index is 0.510. The summed E-state index contributed by atoms with van der Waals surface area (Å²) in [6.07, 6.45) is 2.58. The van der Waals surface area contributed by atoms with Crippen LogP contribution in [-0.2, 0) is 0 Å². The van der Waals surface area contributed by atoms with Gasteiger partial charge in [0, 0.05) is 24.5 Å². The number of piperidine rings is 3. The number of pyridine rings is 1. The molecule has 4 fully saturated rings. The lowest BCUT2D eigenvalue weighted by Crippen LogP contribution is -2.60. The molecule has 3 atom stereocenters.